The van der Waals surface area contributed by atoms with Crippen LogP contribution in [-0.4, -0.2) is 18.7 Å². The quantitative estimate of drug-likeness (QED) is 0.850. The van der Waals surface area contributed by atoms with Crippen molar-refractivity contribution in [1.82, 2.24) is 5.32 Å². The first-order valence-electron chi connectivity index (χ1n) is 7.00. The Hall–Kier alpha value is -2.20. The molecular formula is C17H21ClN2O2. The molecule has 2 aromatic carbocycles. The maximum Gasteiger partial charge on any atom is 0.407 e. The fourth-order valence-corrected chi connectivity index (χ4v) is 1.84. The zero-order valence-electron chi connectivity index (χ0n) is 12.5. The number of alkyl carbamates (subject to hydrolysis) is 1. The van der Waals surface area contributed by atoms with E-state index in [2.05, 4.69) is 10.6 Å². The first-order chi connectivity index (χ1) is 10.2. The van der Waals surface area contributed by atoms with Gasteiger partial charge in [-0.3, -0.25) is 0 Å². The molecule has 0 saturated heterocycles. The minimum atomic E-state index is -0.402. The molecule has 4 nitrogen and oxygen atoms in total. The number of carbonyl (C=O) groups is 1. The van der Waals surface area contributed by atoms with Crippen LogP contribution in [0.3, 0.4) is 0 Å². The lowest BCUT2D eigenvalue weighted by atomic mass is 10.2. The number of hydrogen-bond donors (Lipinski definition) is 2. The van der Waals surface area contributed by atoms with Crippen LogP contribution >= 0.6 is 12.4 Å². The third-order valence-electron chi connectivity index (χ3n) is 2.96. The highest BCUT2D eigenvalue weighted by molar-refractivity contribution is 5.85. The Balaban J connectivity index is 0.00000242. The van der Waals surface area contributed by atoms with Gasteiger partial charge in [0.25, 0.3) is 0 Å². The largest absolute Gasteiger partial charge is 0.445 e. The summed E-state index contributed by atoms with van der Waals surface area (Å²) in [6, 6.07) is 19.5. The molecule has 2 N–H and O–H groups in total. The van der Waals surface area contributed by atoms with E-state index in [1.54, 1.807) is 0 Å². The first kappa shape index (κ1) is 17.9. The fourth-order valence-electron chi connectivity index (χ4n) is 1.84. The molecule has 1 amide bonds. The van der Waals surface area contributed by atoms with Crippen molar-refractivity contribution in [2.75, 3.05) is 11.9 Å². The summed E-state index contributed by atoms with van der Waals surface area (Å²) in [6.07, 6.45) is -0.402. The summed E-state index contributed by atoms with van der Waals surface area (Å²) >= 11 is 0. The lowest BCUT2D eigenvalue weighted by Crippen LogP contribution is -2.37. The topological polar surface area (TPSA) is 50.4 Å². The Kier molecular flexibility index (Phi) is 7.86. The van der Waals surface area contributed by atoms with E-state index in [1.165, 1.54) is 0 Å². The minimum absolute atomic E-state index is 0. The maximum absolute atomic E-state index is 11.7. The number of halogens is 1. The molecule has 0 aliphatic rings. The third-order valence-corrected chi connectivity index (χ3v) is 2.96. The molecule has 2 aromatic rings. The summed E-state index contributed by atoms with van der Waals surface area (Å²) in [5.74, 6) is 0. The van der Waals surface area contributed by atoms with Crippen molar-refractivity contribution < 1.29 is 9.53 Å². The van der Waals surface area contributed by atoms with Crippen molar-refractivity contribution in [1.29, 1.82) is 0 Å². The van der Waals surface area contributed by atoms with Gasteiger partial charge in [0.15, 0.2) is 0 Å². The average molecular weight is 321 g/mol. The van der Waals surface area contributed by atoms with E-state index in [1.807, 2.05) is 67.6 Å². The van der Waals surface area contributed by atoms with Crippen molar-refractivity contribution in [3.63, 3.8) is 0 Å². The molecule has 2 rings (SSSR count). The van der Waals surface area contributed by atoms with Crippen LogP contribution in [0.25, 0.3) is 0 Å². The van der Waals surface area contributed by atoms with Gasteiger partial charge in [0.2, 0.25) is 0 Å². The lowest BCUT2D eigenvalue weighted by Gasteiger charge is -2.15. The number of anilines is 1. The second kappa shape index (κ2) is 9.68. The molecule has 0 unspecified atom stereocenters. The summed E-state index contributed by atoms with van der Waals surface area (Å²) in [4.78, 5) is 11.7. The molecule has 0 fully saturated rings. The predicted octanol–water partition coefficient (Wildman–Crippen LogP) is 3.84. The Bertz CT molecular complexity index is 549. The summed E-state index contributed by atoms with van der Waals surface area (Å²) in [5.41, 5.74) is 2.01. The smallest absolute Gasteiger partial charge is 0.407 e. The van der Waals surface area contributed by atoms with Gasteiger partial charge in [0.05, 0.1) is 0 Å². The zero-order valence-corrected chi connectivity index (χ0v) is 13.3. The Labute approximate surface area is 137 Å². The van der Waals surface area contributed by atoms with Gasteiger partial charge in [-0.05, 0) is 24.6 Å². The van der Waals surface area contributed by atoms with Gasteiger partial charge in [0.1, 0.15) is 6.61 Å². The van der Waals surface area contributed by atoms with Crippen molar-refractivity contribution >= 4 is 24.2 Å². The van der Waals surface area contributed by atoms with E-state index in [4.69, 9.17) is 4.74 Å². The van der Waals surface area contributed by atoms with Crippen LogP contribution in [0.5, 0.6) is 0 Å². The number of para-hydroxylation sites is 1. The molecule has 0 aromatic heterocycles. The summed E-state index contributed by atoms with van der Waals surface area (Å²) in [6.45, 7) is 2.86. The van der Waals surface area contributed by atoms with Crippen LogP contribution in [-0.2, 0) is 11.3 Å². The van der Waals surface area contributed by atoms with Gasteiger partial charge in [-0.15, -0.1) is 12.4 Å². The van der Waals surface area contributed by atoms with Gasteiger partial charge in [-0.25, -0.2) is 4.79 Å². The average Bonchev–Trinajstić information content (AvgIpc) is 2.53. The highest BCUT2D eigenvalue weighted by Crippen LogP contribution is 2.05. The number of rotatable bonds is 6. The van der Waals surface area contributed by atoms with Crippen LogP contribution in [0, 0.1) is 0 Å². The zero-order chi connectivity index (χ0) is 14.9. The highest BCUT2D eigenvalue weighted by Gasteiger charge is 2.08. The Morgan fingerprint density at radius 3 is 2.27 bits per heavy atom. The molecule has 0 heterocycles. The van der Waals surface area contributed by atoms with E-state index in [0.717, 1.165) is 11.3 Å². The van der Waals surface area contributed by atoms with Crippen LogP contribution in [0.2, 0.25) is 0 Å². The third kappa shape index (κ3) is 6.50. The lowest BCUT2D eigenvalue weighted by molar-refractivity contribution is 0.137. The van der Waals surface area contributed by atoms with Crippen molar-refractivity contribution in [2.45, 2.75) is 19.6 Å². The van der Waals surface area contributed by atoms with E-state index in [-0.39, 0.29) is 25.1 Å². The molecule has 22 heavy (non-hydrogen) atoms. The van der Waals surface area contributed by atoms with E-state index >= 15 is 0 Å². The molecule has 0 bridgehead atoms. The number of carbonyl (C=O) groups excluding carboxylic acids is 1. The number of benzene rings is 2. The van der Waals surface area contributed by atoms with Gasteiger partial charge in [-0.1, -0.05) is 48.5 Å². The maximum atomic E-state index is 11.7. The SMILES string of the molecule is C[C@@H](CNc1ccccc1)NC(=O)OCc1ccccc1.Cl. The molecule has 0 radical (unpaired) electrons. The van der Waals surface area contributed by atoms with Gasteiger partial charge in [-0.2, -0.15) is 0 Å². The first-order valence-corrected chi connectivity index (χ1v) is 7.00. The van der Waals surface area contributed by atoms with Crippen LogP contribution in [0.15, 0.2) is 60.7 Å². The molecule has 1 atom stereocenters. The molecular weight excluding hydrogens is 300 g/mol. The second-order valence-corrected chi connectivity index (χ2v) is 4.85. The molecule has 118 valence electrons. The fraction of sp³-hybridized carbons (Fsp3) is 0.235. The van der Waals surface area contributed by atoms with Crippen LogP contribution in [0.1, 0.15) is 12.5 Å². The number of ether oxygens (including phenoxy) is 1. The molecule has 5 heteroatoms. The number of nitrogens with one attached hydrogen (secondary N) is 2. The number of amides is 1. The van der Waals surface area contributed by atoms with E-state index in [0.29, 0.717) is 6.54 Å². The normalized spacial score (nSPS) is 11.0. The Morgan fingerprint density at radius 1 is 1.05 bits per heavy atom. The summed E-state index contributed by atoms with van der Waals surface area (Å²) in [7, 11) is 0. The molecule has 0 spiro atoms. The highest BCUT2D eigenvalue weighted by atomic mass is 35.5. The summed E-state index contributed by atoms with van der Waals surface area (Å²) < 4.78 is 5.17. The summed E-state index contributed by atoms with van der Waals surface area (Å²) in [5, 5.41) is 6.05. The van der Waals surface area contributed by atoms with Crippen molar-refractivity contribution in [2.24, 2.45) is 0 Å². The van der Waals surface area contributed by atoms with Crippen LogP contribution < -0.4 is 10.6 Å². The van der Waals surface area contributed by atoms with E-state index in [9.17, 15) is 4.79 Å². The van der Waals surface area contributed by atoms with Crippen molar-refractivity contribution in [3.8, 4) is 0 Å². The minimum Gasteiger partial charge on any atom is -0.445 e. The second-order valence-electron chi connectivity index (χ2n) is 4.85. The van der Waals surface area contributed by atoms with Crippen molar-refractivity contribution in [3.05, 3.63) is 66.2 Å². The molecule has 0 aliphatic carbocycles. The molecule has 0 saturated carbocycles. The molecule has 0 aliphatic heterocycles. The van der Waals surface area contributed by atoms with Gasteiger partial charge >= 0.3 is 6.09 Å². The van der Waals surface area contributed by atoms with E-state index < -0.39 is 6.09 Å². The number of hydrogen-bond acceptors (Lipinski definition) is 3. The standard InChI is InChI=1S/C17H20N2O2.ClH/c1-14(12-18-16-10-6-3-7-11-16)19-17(20)21-13-15-8-4-2-5-9-15;/h2-11,14,18H,12-13H2,1H3,(H,19,20);1H/t14-;/m0./s1. The Morgan fingerprint density at radius 2 is 1.64 bits per heavy atom. The van der Waals surface area contributed by atoms with Gasteiger partial charge in [0, 0.05) is 18.3 Å². The predicted molar refractivity (Wildman–Crippen MR) is 91.4 cm³/mol. The van der Waals surface area contributed by atoms with Crippen LogP contribution in [0.4, 0.5) is 10.5 Å². The monoisotopic (exact) mass is 320 g/mol. The van der Waals surface area contributed by atoms with Gasteiger partial charge < -0.3 is 15.4 Å².